The lowest BCUT2D eigenvalue weighted by molar-refractivity contribution is 0.250. The quantitative estimate of drug-likeness (QED) is 0.700. The van der Waals surface area contributed by atoms with Gasteiger partial charge in [-0.1, -0.05) is 36.4 Å². The van der Waals surface area contributed by atoms with Gasteiger partial charge in [0.1, 0.15) is 0 Å². The summed E-state index contributed by atoms with van der Waals surface area (Å²) in [7, 11) is 0. The fourth-order valence-corrected chi connectivity index (χ4v) is 2.83. The van der Waals surface area contributed by atoms with Crippen molar-refractivity contribution in [3.05, 3.63) is 71.2 Å². The molecule has 1 atom stereocenters. The maximum atomic E-state index is 12.6. The first-order chi connectivity index (χ1) is 13.1. The van der Waals surface area contributed by atoms with Crippen molar-refractivity contribution in [3.8, 4) is 0 Å². The van der Waals surface area contributed by atoms with Crippen molar-refractivity contribution >= 4 is 11.8 Å². The fraction of sp³-hybridized carbons (Fsp3) is 0.300. The third-order valence-corrected chi connectivity index (χ3v) is 4.39. The highest BCUT2D eigenvalue weighted by Crippen LogP contribution is 2.23. The molecule has 0 radical (unpaired) electrons. The van der Waals surface area contributed by atoms with Crippen molar-refractivity contribution in [2.24, 2.45) is 0 Å². The lowest BCUT2D eigenvalue weighted by Gasteiger charge is -2.20. The van der Waals surface area contributed by atoms with Crippen molar-refractivity contribution in [1.82, 2.24) is 25.3 Å². The number of hydrogen-bond acceptors (Lipinski definition) is 4. The Morgan fingerprint density at radius 2 is 2.04 bits per heavy atom. The molecule has 0 aliphatic carbocycles. The van der Waals surface area contributed by atoms with E-state index < -0.39 is 0 Å². The maximum absolute atomic E-state index is 12.6. The maximum Gasteiger partial charge on any atom is 0.321 e. The van der Waals surface area contributed by atoms with Gasteiger partial charge in [0.2, 0.25) is 0 Å². The molecule has 140 valence electrons. The van der Waals surface area contributed by atoms with E-state index in [1.807, 2.05) is 18.2 Å². The Labute approximate surface area is 158 Å². The van der Waals surface area contributed by atoms with Crippen molar-refractivity contribution in [1.29, 1.82) is 0 Å². The third-order valence-electron chi connectivity index (χ3n) is 4.39. The largest absolute Gasteiger partial charge is 0.327 e. The van der Waals surface area contributed by atoms with Gasteiger partial charge in [-0.25, -0.2) is 4.79 Å². The number of nitrogens with zero attached hydrogens (tertiary/aromatic N) is 4. The first-order valence-electron chi connectivity index (χ1n) is 9.01. The molecule has 2 amide bonds. The summed E-state index contributed by atoms with van der Waals surface area (Å²) in [5, 5.41) is 13.7. The van der Waals surface area contributed by atoms with Crippen LogP contribution >= 0.6 is 0 Å². The zero-order valence-electron chi connectivity index (χ0n) is 15.8. The summed E-state index contributed by atoms with van der Waals surface area (Å²) >= 11 is 0. The van der Waals surface area contributed by atoms with E-state index in [9.17, 15) is 4.79 Å². The standard InChI is InChI=1S/C20H24N6O/c1-4-10-26-13-18(24-25-26)22-20(27)23-19(17-6-5-9-21-12-17)16-8-7-14(2)15(3)11-16/h5-9,11-13,19H,4,10H2,1-3H3,(H2,22,23,27)/t19-/m0/s1. The molecule has 7 nitrogen and oxygen atoms in total. The molecule has 0 unspecified atom stereocenters. The average molecular weight is 364 g/mol. The zero-order chi connectivity index (χ0) is 19.2. The highest BCUT2D eigenvalue weighted by molar-refractivity contribution is 5.88. The molecule has 3 rings (SSSR count). The summed E-state index contributed by atoms with van der Waals surface area (Å²) in [5.74, 6) is 0.422. The second kappa shape index (κ2) is 8.44. The number of nitrogens with one attached hydrogen (secondary N) is 2. The van der Waals surface area contributed by atoms with Crippen molar-refractivity contribution in [3.63, 3.8) is 0 Å². The SMILES string of the molecule is CCCn1cc(NC(=O)N[C@H](c2cccnc2)c2ccc(C)c(C)c2)nn1. The molecule has 2 N–H and O–H groups in total. The van der Waals surface area contributed by atoms with Crippen molar-refractivity contribution in [2.45, 2.75) is 39.8 Å². The topological polar surface area (TPSA) is 84.7 Å². The Hall–Kier alpha value is -3.22. The Bertz CT molecular complexity index is 906. The van der Waals surface area contributed by atoms with Crippen molar-refractivity contribution in [2.75, 3.05) is 5.32 Å². The van der Waals surface area contributed by atoms with E-state index in [4.69, 9.17) is 0 Å². The van der Waals surface area contributed by atoms with E-state index in [1.54, 1.807) is 23.3 Å². The number of aryl methyl sites for hydroxylation is 3. The number of urea groups is 1. The molecule has 0 aliphatic rings. The van der Waals surface area contributed by atoms with Gasteiger partial charge in [-0.3, -0.25) is 15.0 Å². The highest BCUT2D eigenvalue weighted by Gasteiger charge is 2.18. The molecule has 2 heterocycles. The molecule has 0 spiro atoms. The van der Waals surface area contributed by atoms with E-state index >= 15 is 0 Å². The molecule has 0 fully saturated rings. The number of amides is 2. The molecular formula is C20H24N6O. The van der Waals surface area contributed by atoms with Gasteiger partial charge in [-0.05, 0) is 48.6 Å². The number of benzene rings is 1. The van der Waals surface area contributed by atoms with Crippen LogP contribution in [0, 0.1) is 13.8 Å². The van der Waals surface area contributed by atoms with Gasteiger partial charge >= 0.3 is 6.03 Å². The lowest BCUT2D eigenvalue weighted by atomic mass is 9.97. The lowest BCUT2D eigenvalue weighted by Crippen LogP contribution is -2.33. The third kappa shape index (κ3) is 4.69. The first-order valence-corrected chi connectivity index (χ1v) is 9.01. The first kappa shape index (κ1) is 18.6. The Morgan fingerprint density at radius 1 is 1.19 bits per heavy atom. The van der Waals surface area contributed by atoms with Crippen LogP contribution in [0.25, 0.3) is 0 Å². The second-order valence-corrected chi connectivity index (χ2v) is 6.53. The number of aromatic nitrogens is 4. The van der Waals surface area contributed by atoms with Gasteiger partial charge in [0, 0.05) is 18.9 Å². The molecule has 0 saturated carbocycles. The molecule has 0 saturated heterocycles. The van der Waals surface area contributed by atoms with Crippen molar-refractivity contribution < 1.29 is 4.79 Å². The Morgan fingerprint density at radius 3 is 2.74 bits per heavy atom. The van der Waals surface area contributed by atoms with E-state index in [2.05, 4.69) is 58.8 Å². The second-order valence-electron chi connectivity index (χ2n) is 6.53. The Kier molecular flexibility index (Phi) is 5.80. The summed E-state index contributed by atoms with van der Waals surface area (Å²) in [6.07, 6.45) is 6.15. The highest BCUT2D eigenvalue weighted by atomic mass is 16.2. The van der Waals surface area contributed by atoms with Gasteiger partial charge in [-0.2, -0.15) is 0 Å². The zero-order valence-corrected chi connectivity index (χ0v) is 15.8. The predicted molar refractivity (Wildman–Crippen MR) is 104 cm³/mol. The van der Waals surface area contributed by atoms with Crippen LogP contribution in [0.4, 0.5) is 10.6 Å². The van der Waals surface area contributed by atoms with Crippen LogP contribution in [0.3, 0.4) is 0 Å². The number of carbonyl (C=O) groups excluding carboxylic acids is 1. The summed E-state index contributed by atoms with van der Waals surface area (Å²) in [6, 6.07) is 9.32. The molecule has 1 aromatic carbocycles. The molecule has 0 aliphatic heterocycles. The number of carbonyl (C=O) groups is 1. The predicted octanol–water partition coefficient (Wildman–Crippen LogP) is 3.61. The van der Waals surface area contributed by atoms with Crippen LogP contribution in [-0.4, -0.2) is 26.0 Å². The number of pyridine rings is 1. The minimum absolute atomic E-state index is 0.316. The van der Waals surface area contributed by atoms with Crippen LogP contribution < -0.4 is 10.6 Å². The molecule has 27 heavy (non-hydrogen) atoms. The average Bonchev–Trinajstić information content (AvgIpc) is 3.10. The minimum atomic E-state index is -0.342. The van der Waals surface area contributed by atoms with Gasteiger partial charge < -0.3 is 5.32 Å². The van der Waals surface area contributed by atoms with E-state index in [1.165, 1.54) is 11.1 Å². The number of rotatable bonds is 6. The molecule has 3 aromatic rings. The van der Waals surface area contributed by atoms with E-state index in [0.717, 1.165) is 24.1 Å². The summed E-state index contributed by atoms with van der Waals surface area (Å²) in [5.41, 5.74) is 4.29. The Balaban J connectivity index is 1.80. The van der Waals surface area contributed by atoms with Crippen LogP contribution in [0.15, 0.2) is 48.9 Å². The van der Waals surface area contributed by atoms with Gasteiger partial charge in [0.25, 0.3) is 0 Å². The molecular weight excluding hydrogens is 340 g/mol. The van der Waals surface area contributed by atoms with Crippen LogP contribution in [0.2, 0.25) is 0 Å². The summed E-state index contributed by atoms with van der Waals surface area (Å²) in [6.45, 7) is 6.95. The summed E-state index contributed by atoms with van der Waals surface area (Å²) < 4.78 is 1.71. The monoisotopic (exact) mass is 364 g/mol. The summed E-state index contributed by atoms with van der Waals surface area (Å²) in [4.78, 5) is 16.8. The fourth-order valence-electron chi connectivity index (χ4n) is 2.83. The minimum Gasteiger partial charge on any atom is -0.327 e. The van der Waals surface area contributed by atoms with Crippen LogP contribution in [0.1, 0.15) is 41.6 Å². The van der Waals surface area contributed by atoms with Gasteiger partial charge in [-0.15, -0.1) is 5.10 Å². The van der Waals surface area contributed by atoms with Crippen LogP contribution in [-0.2, 0) is 6.54 Å². The van der Waals surface area contributed by atoms with E-state index in [-0.39, 0.29) is 12.1 Å². The number of anilines is 1. The molecule has 7 heteroatoms. The number of hydrogen-bond donors (Lipinski definition) is 2. The van der Waals surface area contributed by atoms with Crippen LogP contribution in [0.5, 0.6) is 0 Å². The smallest absolute Gasteiger partial charge is 0.321 e. The molecule has 0 bridgehead atoms. The normalized spacial score (nSPS) is 11.8. The molecule has 2 aromatic heterocycles. The van der Waals surface area contributed by atoms with Gasteiger partial charge in [0.15, 0.2) is 5.82 Å². The van der Waals surface area contributed by atoms with E-state index in [0.29, 0.717) is 5.82 Å². The van der Waals surface area contributed by atoms with Gasteiger partial charge in [0.05, 0.1) is 12.2 Å².